The number of nitrogens with zero attached hydrogens (tertiary/aromatic N) is 1. The number of aromatic nitrogens is 2. The zero-order chi connectivity index (χ0) is 20.1. The molecular formula is C20H18F2N4O2. The van der Waals surface area contributed by atoms with Crippen LogP contribution in [0.1, 0.15) is 16.1 Å². The Morgan fingerprint density at radius 2 is 1.64 bits per heavy atom. The van der Waals surface area contributed by atoms with Gasteiger partial charge in [-0.15, -0.1) is 0 Å². The predicted octanol–water partition coefficient (Wildman–Crippen LogP) is 2.43. The number of rotatable bonds is 7. The lowest BCUT2D eigenvalue weighted by Crippen LogP contribution is -2.37. The Morgan fingerprint density at radius 1 is 1.04 bits per heavy atom. The SMILES string of the molecule is NC(=O)C(CNC(=O)c1cc(-c2ccc(F)cc2)n[nH]1)Cc1ccc(F)cc1. The molecule has 0 saturated carbocycles. The second-order valence-corrected chi connectivity index (χ2v) is 6.31. The smallest absolute Gasteiger partial charge is 0.269 e. The summed E-state index contributed by atoms with van der Waals surface area (Å²) in [5, 5.41) is 9.29. The van der Waals surface area contributed by atoms with E-state index < -0.39 is 17.7 Å². The lowest BCUT2D eigenvalue weighted by molar-refractivity contribution is -0.121. The minimum absolute atomic E-state index is 0.0243. The summed E-state index contributed by atoms with van der Waals surface area (Å²) in [6.07, 6.45) is 0.277. The van der Waals surface area contributed by atoms with Crippen LogP contribution >= 0.6 is 0 Å². The Labute approximate surface area is 159 Å². The van der Waals surface area contributed by atoms with E-state index in [1.165, 1.54) is 30.3 Å². The standard InChI is InChI=1S/C20H18F2N4O2/c21-15-5-1-12(2-6-15)9-14(19(23)27)11-24-20(28)18-10-17(25-26-18)13-3-7-16(22)8-4-13/h1-8,10,14H,9,11H2,(H2,23,27)(H,24,28)(H,25,26). The van der Waals surface area contributed by atoms with Crippen molar-refractivity contribution in [3.05, 3.63) is 77.5 Å². The number of hydrogen-bond donors (Lipinski definition) is 3. The summed E-state index contributed by atoms with van der Waals surface area (Å²) in [4.78, 5) is 24.0. The maximum Gasteiger partial charge on any atom is 0.269 e. The van der Waals surface area contributed by atoms with E-state index in [9.17, 15) is 18.4 Å². The number of benzene rings is 2. The van der Waals surface area contributed by atoms with Crippen molar-refractivity contribution in [1.29, 1.82) is 0 Å². The molecule has 0 spiro atoms. The van der Waals surface area contributed by atoms with Gasteiger partial charge in [0.15, 0.2) is 0 Å². The Kier molecular flexibility index (Phi) is 5.78. The molecule has 2 aromatic carbocycles. The fourth-order valence-corrected chi connectivity index (χ4v) is 2.70. The summed E-state index contributed by atoms with van der Waals surface area (Å²) in [6, 6.07) is 13.0. The molecule has 4 N–H and O–H groups in total. The van der Waals surface area contributed by atoms with Crippen LogP contribution in [0.25, 0.3) is 11.3 Å². The largest absolute Gasteiger partial charge is 0.369 e. The molecule has 3 rings (SSSR count). The van der Waals surface area contributed by atoms with Crippen LogP contribution in [0, 0.1) is 17.6 Å². The number of nitrogens with two attached hydrogens (primary N) is 1. The van der Waals surface area contributed by atoms with E-state index in [2.05, 4.69) is 15.5 Å². The lowest BCUT2D eigenvalue weighted by atomic mass is 9.98. The van der Waals surface area contributed by atoms with Gasteiger partial charge in [0.25, 0.3) is 5.91 Å². The number of primary amides is 1. The molecule has 0 aliphatic carbocycles. The summed E-state index contributed by atoms with van der Waals surface area (Å²) >= 11 is 0. The van der Waals surface area contributed by atoms with Crippen LogP contribution in [0.5, 0.6) is 0 Å². The first-order valence-electron chi connectivity index (χ1n) is 8.55. The average molecular weight is 384 g/mol. The van der Waals surface area contributed by atoms with Crippen LogP contribution in [-0.2, 0) is 11.2 Å². The molecule has 144 valence electrons. The molecule has 2 amide bonds. The molecule has 0 aliphatic rings. The van der Waals surface area contributed by atoms with Crippen molar-refractivity contribution in [3.63, 3.8) is 0 Å². The number of carbonyl (C=O) groups excluding carboxylic acids is 2. The number of hydrogen-bond acceptors (Lipinski definition) is 3. The third kappa shape index (κ3) is 4.79. The van der Waals surface area contributed by atoms with Gasteiger partial charge in [-0.2, -0.15) is 5.10 Å². The summed E-state index contributed by atoms with van der Waals surface area (Å²) in [5.74, 6) is -2.40. The monoisotopic (exact) mass is 384 g/mol. The van der Waals surface area contributed by atoms with E-state index in [1.54, 1.807) is 24.3 Å². The summed E-state index contributed by atoms with van der Waals surface area (Å²) in [5.41, 5.74) is 7.50. The summed E-state index contributed by atoms with van der Waals surface area (Å²) in [6.45, 7) is 0.0243. The van der Waals surface area contributed by atoms with Gasteiger partial charge in [-0.25, -0.2) is 8.78 Å². The second kappa shape index (κ2) is 8.43. The molecule has 0 fully saturated rings. The molecule has 0 bridgehead atoms. The number of halogens is 2. The van der Waals surface area contributed by atoms with Crippen molar-refractivity contribution < 1.29 is 18.4 Å². The fraction of sp³-hybridized carbons (Fsp3) is 0.150. The van der Waals surface area contributed by atoms with Gasteiger partial charge in [0.1, 0.15) is 17.3 Å². The van der Waals surface area contributed by atoms with Crippen molar-refractivity contribution in [1.82, 2.24) is 15.5 Å². The van der Waals surface area contributed by atoms with Crippen molar-refractivity contribution in [2.45, 2.75) is 6.42 Å². The normalized spacial score (nSPS) is 11.8. The van der Waals surface area contributed by atoms with Crippen LogP contribution in [0.2, 0.25) is 0 Å². The quantitative estimate of drug-likeness (QED) is 0.583. The first-order valence-corrected chi connectivity index (χ1v) is 8.55. The maximum atomic E-state index is 13.0. The van der Waals surface area contributed by atoms with Gasteiger partial charge in [0, 0.05) is 12.1 Å². The molecule has 3 aromatic rings. The minimum Gasteiger partial charge on any atom is -0.369 e. The molecule has 8 heteroatoms. The van der Waals surface area contributed by atoms with Crippen LogP contribution in [0.3, 0.4) is 0 Å². The van der Waals surface area contributed by atoms with E-state index in [0.717, 1.165) is 5.56 Å². The van der Waals surface area contributed by atoms with E-state index >= 15 is 0 Å². The first-order chi connectivity index (χ1) is 13.4. The Balaban J connectivity index is 1.62. The van der Waals surface area contributed by atoms with E-state index in [0.29, 0.717) is 11.3 Å². The van der Waals surface area contributed by atoms with E-state index in [4.69, 9.17) is 5.73 Å². The molecular weight excluding hydrogens is 366 g/mol. The molecule has 1 unspecified atom stereocenters. The van der Waals surface area contributed by atoms with Crippen LogP contribution < -0.4 is 11.1 Å². The molecule has 1 aromatic heterocycles. The number of H-pyrrole nitrogens is 1. The zero-order valence-corrected chi connectivity index (χ0v) is 14.8. The van der Waals surface area contributed by atoms with Crippen LogP contribution in [-0.4, -0.2) is 28.6 Å². The highest BCUT2D eigenvalue weighted by molar-refractivity contribution is 5.93. The average Bonchev–Trinajstić information content (AvgIpc) is 3.17. The molecule has 0 saturated heterocycles. The fourth-order valence-electron chi connectivity index (χ4n) is 2.70. The first kappa shape index (κ1) is 19.2. The van der Waals surface area contributed by atoms with Crippen molar-refractivity contribution in [2.75, 3.05) is 6.54 Å². The maximum absolute atomic E-state index is 13.0. The molecule has 1 heterocycles. The van der Waals surface area contributed by atoms with Crippen molar-refractivity contribution in [3.8, 4) is 11.3 Å². The third-order valence-corrected chi connectivity index (χ3v) is 4.27. The van der Waals surface area contributed by atoms with Gasteiger partial charge in [-0.3, -0.25) is 14.7 Å². The number of aromatic amines is 1. The predicted molar refractivity (Wildman–Crippen MR) is 99.1 cm³/mol. The van der Waals surface area contributed by atoms with Crippen molar-refractivity contribution in [2.24, 2.45) is 11.7 Å². The Hall–Kier alpha value is -3.55. The molecule has 0 aliphatic heterocycles. The van der Waals surface area contributed by atoms with E-state index in [1.807, 2.05) is 0 Å². The number of amides is 2. The van der Waals surface area contributed by atoms with Gasteiger partial charge >= 0.3 is 0 Å². The Morgan fingerprint density at radius 3 is 2.25 bits per heavy atom. The van der Waals surface area contributed by atoms with Gasteiger partial charge in [0.2, 0.25) is 5.91 Å². The van der Waals surface area contributed by atoms with Gasteiger partial charge in [0.05, 0.1) is 11.6 Å². The molecule has 0 radical (unpaired) electrons. The highest BCUT2D eigenvalue weighted by atomic mass is 19.1. The van der Waals surface area contributed by atoms with Crippen molar-refractivity contribution >= 4 is 11.8 Å². The molecule has 28 heavy (non-hydrogen) atoms. The summed E-state index contributed by atoms with van der Waals surface area (Å²) < 4.78 is 26.0. The molecule has 6 nitrogen and oxygen atoms in total. The molecule has 1 atom stereocenters. The van der Waals surface area contributed by atoms with Crippen LogP contribution in [0.15, 0.2) is 54.6 Å². The highest BCUT2D eigenvalue weighted by Gasteiger charge is 2.19. The van der Waals surface area contributed by atoms with Gasteiger partial charge < -0.3 is 11.1 Å². The van der Waals surface area contributed by atoms with Gasteiger partial charge in [-0.05, 0) is 54.4 Å². The topological polar surface area (TPSA) is 101 Å². The lowest BCUT2D eigenvalue weighted by Gasteiger charge is -2.14. The number of nitrogens with one attached hydrogen (secondary N) is 2. The second-order valence-electron chi connectivity index (χ2n) is 6.31. The van der Waals surface area contributed by atoms with E-state index in [-0.39, 0.29) is 30.3 Å². The summed E-state index contributed by atoms with van der Waals surface area (Å²) in [7, 11) is 0. The van der Waals surface area contributed by atoms with Gasteiger partial charge in [-0.1, -0.05) is 12.1 Å². The third-order valence-electron chi connectivity index (χ3n) is 4.27. The van der Waals surface area contributed by atoms with Crippen LogP contribution in [0.4, 0.5) is 8.78 Å². The highest BCUT2D eigenvalue weighted by Crippen LogP contribution is 2.18. The minimum atomic E-state index is -0.645. The zero-order valence-electron chi connectivity index (χ0n) is 14.8. The number of carbonyl (C=O) groups is 2. The Bertz CT molecular complexity index is 969.